The molecule has 2 heterocycles. The summed E-state index contributed by atoms with van der Waals surface area (Å²) in [5, 5.41) is 15.8. The smallest absolute Gasteiger partial charge is 0.303 e. The number of carbonyl (C=O) groups excluding carboxylic acids is 1. The Hall–Kier alpha value is -3.53. The predicted molar refractivity (Wildman–Crippen MR) is 133 cm³/mol. The third kappa shape index (κ3) is 8.64. The van der Waals surface area contributed by atoms with Gasteiger partial charge in [0.25, 0.3) is 0 Å². The number of para-hydroxylation sites is 2. The van der Waals surface area contributed by atoms with E-state index in [0.29, 0.717) is 6.54 Å². The first-order valence-electron chi connectivity index (χ1n) is 11.5. The third-order valence-electron chi connectivity index (χ3n) is 6.00. The first-order chi connectivity index (χ1) is 16.6. The average molecular weight is 489 g/mol. The van der Waals surface area contributed by atoms with Gasteiger partial charge in [0, 0.05) is 65.1 Å². The van der Waals surface area contributed by atoms with E-state index in [0.717, 1.165) is 44.2 Å². The highest BCUT2D eigenvalue weighted by molar-refractivity contribution is 5.75. The number of amides is 1. The Balaban J connectivity index is 0.000000466. The van der Waals surface area contributed by atoms with Gasteiger partial charge in [-0.05, 0) is 24.3 Å². The molecule has 0 unspecified atom stereocenters. The van der Waals surface area contributed by atoms with Crippen molar-refractivity contribution in [2.24, 2.45) is 7.05 Å². The Labute approximate surface area is 206 Å². The van der Waals surface area contributed by atoms with Gasteiger partial charge in [-0.2, -0.15) is 0 Å². The fourth-order valence-corrected chi connectivity index (χ4v) is 3.75. The summed E-state index contributed by atoms with van der Waals surface area (Å²) >= 11 is 0. The van der Waals surface area contributed by atoms with Crippen molar-refractivity contribution in [2.45, 2.75) is 32.9 Å². The van der Waals surface area contributed by atoms with E-state index in [2.05, 4.69) is 45.7 Å². The Morgan fingerprint density at radius 1 is 0.943 bits per heavy atom. The van der Waals surface area contributed by atoms with Crippen LogP contribution in [0.25, 0.3) is 0 Å². The number of carboxylic acids is 2. The van der Waals surface area contributed by atoms with E-state index in [-0.39, 0.29) is 18.7 Å². The first-order valence-corrected chi connectivity index (χ1v) is 11.5. The zero-order valence-corrected chi connectivity index (χ0v) is 20.9. The van der Waals surface area contributed by atoms with E-state index in [1.54, 1.807) is 18.9 Å². The fourth-order valence-electron chi connectivity index (χ4n) is 3.75. The number of hydrogen-bond acceptors (Lipinski definition) is 6. The van der Waals surface area contributed by atoms with E-state index in [4.69, 9.17) is 14.9 Å². The largest absolute Gasteiger partial charge is 0.495 e. The monoisotopic (exact) mass is 488 g/mol. The summed E-state index contributed by atoms with van der Waals surface area (Å²) in [5.41, 5.74) is 3.62. The Kier molecular flexibility index (Phi) is 10.6. The second-order valence-electron chi connectivity index (χ2n) is 8.47. The highest BCUT2D eigenvalue weighted by Gasteiger charge is 2.20. The van der Waals surface area contributed by atoms with Crippen LogP contribution in [0.2, 0.25) is 0 Å². The molecule has 0 spiro atoms. The maximum atomic E-state index is 11.5. The number of benzene rings is 1. The van der Waals surface area contributed by atoms with Crippen LogP contribution < -0.4 is 9.64 Å². The molecule has 1 fully saturated rings. The minimum Gasteiger partial charge on any atom is -0.495 e. The lowest BCUT2D eigenvalue weighted by molar-refractivity contribution is -0.143. The van der Waals surface area contributed by atoms with Gasteiger partial charge in [-0.25, -0.2) is 0 Å². The molecule has 35 heavy (non-hydrogen) atoms. The maximum Gasteiger partial charge on any atom is 0.303 e. The number of rotatable bonds is 9. The number of nitrogens with zero attached hydrogens (tertiary/aromatic N) is 4. The summed E-state index contributed by atoms with van der Waals surface area (Å²) in [6.45, 7) is 7.20. The van der Waals surface area contributed by atoms with Crippen LogP contribution >= 0.6 is 0 Å². The second kappa shape index (κ2) is 13.4. The molecule has 3 rings (SSSR count). The molecule has 0 saturated carbocycles. The van der Waals surface area contributed by atoms with Crippen LogP contribution in [-0.4, -0.2) is 82.8 Å². The third-order valence-corrected chi connectivity index (χ3v) is 6.00. The molecule has 0 atom stereocenters. The van der Waals surface area contributed by atoms with Crippen LogP contribution in [0, 0.1) is 0 Å². The van der Waals surface area contributed by atoms with Crippen LogP contribution in [0.3, 0.4) is 0 Å². The SMILES string of the molecule is COc1ccccc1N1CCN(Cc2ccc(CN(C)C(C)=O)n2C)CC1.O=C(O)CCC(=O)O. The number of aromatic nitrogens is 1. The average Bonchev–Trinajstić information content (AvgIpc) is 3.17. The molecule has 1 aromatic heterocycles. The lowest BCUT2D eigenvalue weighted by Gasteiger charge is -2.36. The molecule has 10 nitrogen and oxygen atoms in total. The number of piperazine rings is 1. The topological polar surface area (TPSA) is 116 Å². The Morgan fingerprint density at radius 2 is 1.51 bits per heavy atom. The van der Waals surface area contributed by atoms with Gasteiger partial charge < -0.3 is 29.3 Å². The molecule has 1 amide bonds. The zero-order valence-electron chi connectivity index (χ0n) is 20.9. The number of anilines is 1. The lowest BCUT2D eigenvalue weighted by atomic mass is 10.2. The Morgan fingerprint density at radius 3 is 2.06 bits per heavy atom. The molecule has 0 aliphatic carbocycles. The highest BCUT2D eigenvalue weighted by atomic mass is 16.5. The molecule has 2 N–H and O–H groups in total. The van der Waals surface area contributed by atoms with E-state index in [1.807, 2.05) is 19.2 Å². The molecular formula is C25H36N4O6. The van der Waals surface area contributed by atoms with Crippen LogP contribution in [0.1, 0.15) is 31.2 Å². The van der Waals surface area contributed by atoms with Gasteiger partial charge in [0.1, 0.15) is 5.75 Å². The Bertz CT molecular complexity index is 984. The van der Waals surface area contributed by atoms with E-state index in [9.17, 15) is 14.4 Å². The quantitative estimate of drug-likeness (QED) is 0.552. The van der Waals surface area contributed by atoms with Crippen molar-refractivity contribution in [2.75, 3.05) is 45.2 Å². The van der Waals surface area contributed by atoms with Crippen molar-refractivity contribution in [3.8, 4) is 5.75 Å². The van der Waals surface area contributed by atoms with Crippen molar-refractivity contribution >= 4 is 23.5 Å². The molecule has 192 valence electrons. The number of hydrogen-bond donors (Lipinski definition) is 2. The summed E-state index contributed by atoms with van der Waals surface area (Å²) in [6.07, 6.45) is -0.593. The fraction of sp³-hybridized carbons (Fsp3) is 0.480. The van der Waals surface area contributed by atoms with Crippen LogP contribution in [0.5, 0.6) is 5.75 Å². The normalized spacial score (nSPS) is 13.5. The van der Waals surface area contributed by atoms with Gasteiger partial charge in [-0.3, -0.25) is 19.3 Å². The van der Waals surface area contributed by atoms with Crippen molar-refractivity contribution in [1.82, 2.24) is 14.4 Å². The second-order valence-corrected chi connectivity index (χ2v) is 8.47. The number of aliphatic carboxylic acids is 2. The highest BCUT2D eigenvalue weighted by Crippen LogP contribution is 2.28. The van der Waals surface area contributed by atoms with Crippen molar-refractivity contribution in [3.63, 3.8) is 0 Å². The number of methoxy groups -OCH3 is 1. The molecule has 2 aromatic rings. The van der Waals surface area contributed by atoms with Gasteiger partial charge in [-0.1, -0.05) is 12.1 Å². The van der Waals surface area contributed by atoms with E-state index in [1.165, 1.54) is 11.4 Å². The molecule has 1 aromatic carbocycles. The molecule has 10 heteroatoms. The number of ether oxygens (including phenoxy) is 1. The predicted octanol–water partition coefficient (Wildman–Crippen LogP) is 2.27. The lowest BCUT2D eigenvalue weighted by Crippen LogP contribution is -2.46. The maximum absolute atomic E-state index is 11.5. The van der Waals surface area contributed by atoms with Crippen LogP contribution in [-0.2, 0) is 34.5 Å². The van der Waals surface area contributed by atoms with E-state index < -0.39 is 11.9 Å². The van der Waals surface area contributed by atoms with Gasteiger partial charge in [0.15, 0.2) is 0 Å². The molecular weight excluding hydrogens is 452 g/mol. The summed E-state index contributed by atoms with van der Waals surface area (Å²) in [6, 6.07) is 12.5. The number of carboxylic acid groups (broad SMARTS) is 2. The summed E-state index contributed by atoms with van der Waals surface area (Å²) in [5.74, 6) is -1.13. The molecule has 0 bridgehead atoms. The molecule has 0 radical (unpaired) electrons. The summed E-state index contributed by atoms with van der Waals surface area (Å²) < 4.78 is 7.72. The van der Waals surface area contributed by atoms with Crippen molar-refractivity contribution in [3.05, 3.63) is 47.8 Å². The van der Waals surface area contributed by atoms with Gasteiger partial charge >= 0.3 is 11.9 Å². The van der Waals surface area contributed by atoms with Crippen molar-refractivity contribution < 1.29 is 29.3 Å². The van der Waals surface area contributed by atoms with Gasteiger partial charge in [-0.15, -0.1) is 0 Å². The molecule has 1 saturated heterocycles. The summed E-state index contributed by atoms with van der Waals surface area (Å²) in [7, 11) is 5.65. The van der Waals surface area contributed by atoms with Crippen molar-refractivity contribution in [1.29, 1.82) is 0 Å². The van der Waals surface area contributed by atoms with Crippen LogP contribution in [0.4, 0.5) is 5.69 Å². The molecule has 1 aliphatic rings. The first kappa shape index (κ1) is 27.7. The minimum atomic E-state index is -1.08. The standard InChI is InChI=1S/C21H30N4O2.C4H6O4/c1-17(26)22(2)15-18-9-10-19(23(18)3)16-24-11-13-25(14-12-24)20-7-5-6-8-21(20)27-4;5-3(6)1-2-4(7)8/h5-10H,11-16H2,1-4H3;1-2H2,(H,5,6)(H,7,8). The molecule has 1 aliphatic heterocycles. The van der Waals surface area contributed by atoms with Crippen LogP contribution in [0.15, 0.2) is 36.4 Å². The zero-order chi connectivity index (χ0) is 26.0. The van der Waals surface area contributed by atoms with Gasteiger partial charge in [0.05, 0.1) is 32.2 Å². The van der Waals surface area contributed by atoms with E-state index >= 15 is 0 Å². The summed E-state index contributed by atoms with van der Waals surface area (Å²) in [4.78, 5) is 37.4. The minimum absolute atomic E-state index is 0.0882. The van der Waals surface area contributed by atoms with Gasteiger partial charge in [0.2, 0.25) is 5.91 Å². The number of carbonyl (C=O) groups is 3.